The summed E-state index contributed by atoms with van der Waals surface area (Å²) >= 11 is 0. The maximum Gasteiger partial charge on any atom is 0.258 e. The predicted octanol–water partition coefficient (Wildman–Crippen LogP) is 1.84. The van der Waals surface area contributed by atoms with E-state index in [2.05, 4.69) is 5.32 Å². The largest absolute Gasteiger partial charge is 0.481 e. The molecule has 0 bridgehead atoms. The molecule has 0 atom stereocenters. The molecule has 0 aliphatic carbocycles. The first-order valence-electron chi connectivity index (χ1n) is 5.37. The molecule has 100 valence electrons. The number of nitrogens with one attached hydrogen (secondary N) is 1. The molecule has 0 fully saturated rings. The van der Waals surface area contributed by atoms with E-state index in [1.165, 1.54) is 0 Å². The first-order chi connectivity index (χ1) is 8.19. The summed E-state index contributed by atoms with van der Waals surface area (Å²) in [4.78, 5) is 11.4. The van der Waals surface area contributed by atoms with Crippen LogP contribution in [0.5, 0.6) is 5.75 Å². The summed E-state index contributed by atoms with van der Waals surface area (Å²) in [6.07, 6.45) is 0. The van der Waals surface area contributed by atoms with E-state index in [0.29, 0.717) is 0 Å². The third-order valence-corrected chi connectivity index (χ3v) is 1.92. The van der Waals surface area contributed by atoms with E-state index < -0.39 is 29.7 Å². The first-order valence-corrected chi connectivity index (χ1v) is 5.37. The molecule has 0 unspecified atom stereocenters. The maximum absolute atomic E-state index is 13.3. The number of hydrogen-bond donors (Lipinski definition) is 2. The summed E-state index contributed by atoms with van der Waals surface area (Å²) in [7, 11) is 0. The molecule has 0 aromatic heterocycles. The zero-order valence-corrected chi connectivity index (χ0v) is 10.5. The van der Waals surface area contributed by atoms with E-state index in [0.717, 1.165) is 12.1 Å². The molecule has 0 aliphatic rings. The Morgan fingerprint density at radius 3 is 2.50 bits per heavy atom. The highest BCUT2D eigenvalue weighted by molar-refractivity contribution is 5.78. The molecule has 1 aromatic carbocycles. The second-order valence-electron chi connectivity index (χ2n) is 4.89. The van der Waals surface area contributed by atoms with Crippen molar-refractivity contribution in [3.8, 4) is 5.75 Å². The van der Waals surface area contributed by atoms with Gasteiger partial charge in [0.2, 0.25) is 0 Å². The Kier molecular flexibility index (Phi) is 4.11. The van der Waals surface area contributed by atoms with Gasteiger partial charge in [-0.05, 0) is 20.8 Å². The van der Waals surface area contributed by atoms with Crippen LogP contribution < -0.4 is 15.8 Å². The van der Waals surface area contributed by atoms with Gasteiger partial charge in [0.25, 0.3) is 5.91 Å². The minimum Gasteiger partial charge on any atom is -0.481 e. The Morgan fingerprint density at radius 2 is 1.94 bits per heavy atom. The minimum absolute atomic E-state index is 0.306. The van der Waals surface area contributed by atoms with Crippen LogP contribution in [0.25, 0.3) is 0 Å². The molecular weight excluding hydrogens is 242 g/mol. The van der Waals surface area contributed by atoms with Gasteiger partial charge in [0.1, 0.15) is 5.82 Å². The van der Waals surface area contributed by atoms with Crippen molar-refractivity contribution in [1.29, 1.82) is 0 Å². The number of halogens is 2. The van der Waals surface area contributed by atoms with Crippen LogP contribution in [0.1, 0.15) is 20.8 Å². The number of carbonyl (C=O) groups excluding carboxylic acids is 1. The molecule has 0 spiro atoms. The lowest BCUT2D eigenvalue weighted by Crippen LogP contribution is -2.43. The van der Waals surface area contributed by atoms with Crippen LogP contribution in [0.15, 0.2) is 12.1 Å². The van der Waals surface area contributed by atoms with E-state index in [-0.39, 0.29) is 11.4 Å². The van der Waals surface area contributed by atoms with E-state index in [1.807, 2.05) is 0 Å². The SMILES string of the molecule is CC(C)(C)NC(=O)COc1cc(F)c(N)cc1F. The van der Waals surface area contributed by atoms with Crippen molar-refractivity contribution >= 4 is 11.6 Å². The Bertz CT molecular complexity index is 456. The first kappa shape index (κ1) is 14.2. The van der Waals surface area contributed by atoms with Crippen molar-refractivity contribution < 1.29 is 18.3 Å². The topological polar surface area (TPSA) is 64.3 Å². The van der Waals surface area contributed by atoms with Gasteiger partial charge in [0.15, 0.2) is 18.2 Å². The average Bonchev–Trinajstić information content (AvgIpc) is 2.19. The highest BCUT2D eigenvalue weighted by atomic mass is 19.1. The number of amides is 1. The third kappa shape index (κ3) is 4.20. The monoisotopic (exact) mass is 258 g/mol. The number of nitrogens with two attached hydrogens (primary N) is 1. The van der Waals surface area contributed by atoms with E-state index in [1.54, 1.807) is 20.8 Å². The highest BCUT2D eigenvalue weighted by Crippen LogP contribution is 2.22. The van der Waals surface area contributed by atoms with Gasteiger partial charge in [-0.2, -0.15) is 0 Å². The fourth-order valence-electron chi connectivity index (χ4n) is 1.25. The molecule has 1 rings (SSSR count). The number of ether oxygens (including phenoxy) is 1. The van der Waals surface area contributed by atoms with Crippen molar-refractivity contribution in [2.24, 2.45) is 0 Å². The van der Waals surface area contributed by atoms with Gasteiger partial charge in [-0.3, -0.25) is 4.79 Å². The summed E-state index contributed by atoms with van der Waals surface area (Å²) in [5.41, 5.74) is 4.46. The number of nitrogen functional groups attached to an aromatic ring is 1. The summed E-state index contributed by atoms with van der Waals surface area (Å²) in [5.74, 6) is -2.36. The van der Waals surface area contributed by atoms with Gasteiger partial charge < -0.3 is 15.8 Å². The molecule has 0 aliphatic heterocycles. The van der Waals surface area contributed by atoms with E-state index in [4.69, 9.17) is 10.5 Å². The van der Waals surface area contributed by atoms with Crippen molar-refractivity contribution in [1.82, 2.24) is 5.32 Å². The normalized spacial score (nSPS) is 11.2. The van der Waals surface area contributed by atoms with Gasteiger partial charge in [-0.15, -0.1) is 0 Å². The zero-order chi connectivity index (χ0) is 13.9. The van der Waals surface area contributed by atoms with Gasteiger partial charge in [-0.25, -0.2) is 8.78 Å². The minimum atomic E-state index is -0.808. The van der Waals surface area contributed by atoms with Gasteiger partial charge >= 0.3 is 0 Å². The molecule has 3 N–H and O–H groups in total. The van der Waals surface area contributed by atoms with E-state index >= 15 is 0 Å². The predicted molar refractivity (Wildman–Crippen MR) is 64.2 cm³/mol. The number of carbonyl (C=O) groups is 1. The molecule has 0 heterocycles. The van der Waals surface area contributed by atoms with Crippen molar-refractivity contribution in [3.63, 3.8) is 0 Å². The molecule has 0 saturated heterocycles. The molecule has 18 heavy (non-hydrogen) atoms. The average molecular weight is 258 g/mol. The fraction of sp³-hybridized carbons (Fsp3) is 0.417. The smallest absolute Gasteiger partial charge is 0.258 e. The number of anilines is 1. The van der Waals surface area contributed by atoms with Crippen LogP contribution in [0.2, 0.25) is 0 Å². The third-order valence-electron chi connectivity index (χ3n) is 1.92. The van der Waals surface area contributed by atoms with E-state index in [9.17, 15) is 13.6 Å². The Balaban J connectivity index is 2.64. The van der Waals surface area contributed by atoms with Gasteiger partial charge in [0, 0.05) is 17.7 Å². The molecule has 0 radical (unpaired) electrons. The van der Waals surface area contributed by atoms with Crippen molar-refractivity contribution in [3.05, 3.63) is 23.8 Å². The maximum atomic E-state index is 13.3. The van der Waals surface area contributed by atoms with Gasteiger partial charge in [0.05, 0.1) is 5.69 Å². The summed E-state index contributed by atoms with van der Waals surface area (Å²) in [6.45, 7) is 5.01. The Hall–Kier alpha value is -1.85. The van der Waals surface area contributed by atoms with Crippen molar-refractivity contribution in [2.75, 3.05) is 12.3 Å². The van der Waals surface area contributed by atoms with Crippen LogP contribution >= 0.6 is 0 Å². The van der Waals surface area contributed by atoms with Crippen LogP contribution in [0.3, 0.4) is 0 Å². The molecule has 1 aromatic rings. The summed E-state index contributed by atoms with van der Waals surface area (Å²) in [5, 5.41) is 2.63. The fourth-order valence-corrected chi connectivity index (χ4v) is 1.25. The lowest BCUT2D eigenvalue weighted by atomic mass is 10.1. The molecule has 0 saturated carbocycles. The van der Waals surface area contributed by atoms with Crippen LogP contribution in [0.4, 0.5) is 14.5 Å². The molecule has 6 heteroatoms. The van der Waals surface area contributed by atoms with Crippen molar-refractivity contribution in [2.45, 2.75) is 26.3 Å². The Morgan fingerprint density at radius 1 is 1.33 bits per heavy atom. The molecule has 1 amide bonds. The lowest BCUT2D eigenvalue weighted by Gasteiger charge is -2.20. The number of rotatable bonds is 3. The quantitative estimate of drug-likeness (QED) is 0.813. The molecule has 4 nitrogen and oxygen atoms in total. The highest BCUT2D eigenvalue weighted by Gasteiger charge is 2.15. The standard InChI is InChI=1S/C12H16F2N2O2/c1-12(2,3)16-11(17)6-18-10-5-7(13)9(15)4-8(10)14/h4-5H,6,15H2,1-3H3,(H,16,17). The Labute approximate surface area is 104 Å². The summed E-state index contributed by atoms with van der Waals surface area (Å²) < 4.78 is 31.3. The number of hydrogen-bond acceptors (Lipinski definition) is 3. The van der Waals surface area contributed by atoms with Crippen LogP contribution in [-0.2, 0) is 4.79 Å². The molecular formula is C12H16F2N2O2. The zero-order valence-electron chi connectivity index (χ0n) is 10.5. The van der Waals surface area contributed by atoms with Crippen LogP contribution in [0, 0.1) is 11.6 Å². The lowest BCUT2D eigenvalue weighted by molar-refractivity contribution is -0.124. The number of benzene rings is 1. The van der Waals surface area contributed by atoms with Gasteiger partial charge in [-0.1, -0.05) is 0 Å². The summed E-state index contributed by atoms with van der Waals surface area (Å²) in [6, 6.07) is 1.63. The second kappa shape index (κ2) is 5.20. The second-order valence-corrected chi connectivity index (χ2v) is 4.89. The van der Waals surface area contributed by atoms with Crippen LogP contribution in [-0.4, -0.2) is 18.1 Å².